The Morgan fingerprint density at radius 2 is 2.11 bits per heavy atom. The lowest BCUT2D eigenvalue weighted by Crippen LogP contribution is -2.50. The van der Waals surface area contributed by atoms with E-state index in [1.807, 2.05) is 0 Å². The number of carbonyl (C=O) groups is 1. The Hall–Kier alpha value is -3.20. The first-order valence-corrected chi connectivity index (χ1v) is 8.89. The van der Waals surface area contributed by atoms with Crippen LogP contribution in [0.3, 0.4) is 0 Å². The number of pyridine rings is 1. The van der Waals surface area contributed by atoms with E-state index in [0.717, 1.165) is 12.6 Å². The molecule has 2 atom stereocenters. The van der Waals surface area contributed by atoms with E-state index in [0.29, 0.717) is 29.9 Å². The van der Waals surface area contributed by atoms with Gasteiger partial charge in [0.2, 0.25) is 0 Å². The number of benzene rings is 1. The topological polar surface area (TPSA) is 84.7 Å². The molecular weight excluding hydrogens is 366 g/mol. The van der Waals surface area contributed by atoms with E-state index in [-0.39, 0.29) is 17.9 Å². The maximum absolute atomic E-state index is 13.7. The summed E-state index contributed by atoms with van der Waals surface area (Å²) in [6, 6.07) is 6.88. The van der Waals surface area contributed by atoms with Crippen molar-refractivity contribution in [2.75, 3.05) is 13.1 Å². The van der Waals surface area contributed by atoms with Crippen LogP contribution in [0.2, 0.25) is 0 Å². The molecule has 3 heterocycles. The fraction of sp³-hybridized carbons (Fsp3) is 0.263. The fourth-order valence-corrected chi connectivity index (χ4v) is 3.42. The third-order valence-electron chi connectivity index (χ3n) is 4.83. The van der Waals surface area contributed by atoms with Crippen LogP contribution in [-0.2, 0) is 0 Å². The number of piperidine rings is 1. The normalized spacial score (nSPS) is 19.4. The second-order valence-electron chi connectivity index (χ2n) is 6.60. The second-order valence-corrected chi connectivity index (χ2v) is 6.60. The fourth-order valence-electron chi connectivity index (χ4n) is 3.42. The molecule has 0 spiro atoms. The van der Waals surface area contributed by atoms with E-state index in [1.165, 1.54) is 29.6 Å². The quantitative estimate of drug-likeness (QED) is 0.717. The summed E-state index contributed by atoms with van der Waals surface area (Å²) in [7, 11) is 0. The summed E-state index contributed by atoms with van der Waals surface area (Å²) < 4.78 is 28.4. The number of halogens is 2. The van der Waals surface area contributed by atoms with Crippen molar-refractivity contribution in [3.63, 3.8) is 0 Å². The van der Waals surface area contributed by atoms with Gasteiger partial charge in [0.05, 0.1) is 0 Å². The molecule has 1 aromatic carbocycles. The van der Waals surface area contributed by atoms with Crippen molar-refractivity contribution in [2.45, 2.75) is 18.4 Å². The molecule has 7 nitrogen and oxygen atoms in total. The van der Waals surface area contributed by atoms with Gasteiger partial charge >= 0.3 is 0 Å². The van der Waals surface area contributed by atoms with E-state index in [1.54, 1.807) is 18.2 Å². The first-order valence-electron chi connectivity index (χ1n) is 8.89. The van der Waals surface area contributed by atoms with Crippen LogP contribution in [0, 0.1) is 11.6 Å². The van der Waals surface area contributed by atoms with Crippen LogP contribution in [0.1, 0.15) is 28.3 Å². The Kier molecular flexibility index (Phi) is 5.07. The third-order valence-corrected chi connectivity index (χ3v) is 4.83. The molecule has 0 aliphatic carbocycles. The van der Waals surface area contributed by atoms with Crippen molar-refractivity contribution >= 4 is 5.91 Å². The largest absolute Gasteiger partial charge is 0.347 e. The molecule has 2 aromatic heterocycles. The van der Waals surface area contributed by atoms with Crippen molar-refractivity contribution < 1.29 is 13.6 Å². The van der Waals surface area contributed by atoms with Gasteiger partial charge in [0, 0.05) is 30.3 Å². The minimum Gasteiger partial charge on any atom is -0.347 e. The van der Waals surface area contributed by atoms with Crippen LogP contribution in [0.25, 0.3) is 5.82 Å². The van der Waals surface area contributed by atoms with Crippen molar-refractivity contribution in [1.82, 2.24) is 30.4 Å². The summed E-state index contributed by atoms with van der Waals surface area (Å²) in [6.07, 6.45) is 5.11. The predicted molar refractivity (Wildman–Crippen MR) is 97.0 cm³/mol. The van der Waals surface area contributed by atoms with Crippen LogP contribution in [0.4, 0.5) is 8.78 Å². The summed E-state index contributed by atoms with van der Waals surface area (Å²) in [6.45, 7) is 1.28. The molecule has 9 heteroatoms. The first-order chi connectivity index (χ1) is 13.6. The van der Waals surface area contributed by atoms with E-state index in [4.69, 9.17) is 0 Å². The molecule has 4 rings (SSSR count). The summed E-state index contributed by atoms with van der Waals surface area (Å²) >= 11 is 0. The lowest BCUT2D eigenvalue weighted by atomic mass is 9.86. The van der Waals surface area contributed by atoms with Crippen LogP contribution in [-0.4, -0.2) is 44.8 Å². The number of rotatable bonds is 4. The summed E-state index contributed by atoms with van der Waals surface area (Å²) in [5, 5.41) is 10.2. The highest BCUT2D eigenvalue weighted by Crippen LogP contribution is 2.27. The SMILES string of the molecule is O=C(NC1CNCCC1c1ccc(F)c(F)c1)c1ccnc(-n2cncn2)c1. The number of hydrogen-bond acceptors (Lipinski definition) is 5. The first kappa shape index (κ1) is 18.2. The molecular formula is C19H18F2N6O. The Labute approximate surface area is 159 Å². The molecule has 1 aliphatic heterocycles. The summed E-state index contributed by atoms with van der Waals surface area (Å²) in [5.41, 5.74) is 1.10. The van der Waals surface area contributed by atoms with Crippen LogP contribution in [0.15, 0.2) is 49.2 Å². The molecule has 0 bridgehead atoms. The van der Waals surface area contributed by atoms with E-state index < -0.39 is 11.6 Å². The van der Waals surface area contributed by atoms with E-state index in [2.05, 4.69) is 25.7 Å². The van der Waals surface area contributed by atoms with Gasteiger partial charge in [0.1, 0.15) is 12.7 Å². The zero-order valence-electron chi connectivity index (χ0n) is 14.8. The van der Waals surface area contributed by atoms with Crippen molar-refractivity contribution in [3.8, 4) is 5.82 Å². The van der Waals surface area contributed by atoms with Gasteiger partial charge in [0.25, 0.3) is 5.91 Å². The van der Waals surface area contributed by atoms with Gasteiger partial charge in [-0.2, -0.15) is 5.10 Å². The lowest BCUT2D eigenvalue weighted by Gasteiger charge is -2.33. The number of hydrogen-bond donors (Lipinski definition) is 2. The number of nitrogens with one attached hydrogen (secondary N) is 2. The molecule has 1 aliphatic rings. The van der Waals surface area contributed by atoms with E-state index >= 15 is 0 Å². The Balaban J connectivity index is 1.54. The predicted octanol–water partition coefficient (Wildman–Crippen LogP) is 1.82. The average Bonchev–Trinajstić information content (AvgIpc) is 3.26. The molecule has 2 unspecified atom stereocenters. The number of amides is 1. The van der Waals surface area contributed by atoms with Crippen LogP contribution < -0.4 is 10.6 Å². The van der Waals surface area contributed by atoms with Gasteiger partial charge < -0.3 is 10.6 Å². The molecule has 0 radical (unpaired) electrons. The van der Waals surface area contributed by atoms with Crippen molar-refractivity contribution in [1.29, 1.82) is 0 Å². The van der Waals surface area contributed by atoms with Gasteiger partial charge in [-0.25, -0.2) is 23.4 Å². The maximum atomic E-state index is 13.7. The number of nitrogens with zero attached hydrogens (tertiary/aromatic N) is 4. The highest BCUT2D eigenvalue weighted by Gasteiger charge is 2.28. The highest BCUT2D eigenvalue weighted by atomic mass is 19.2. The molecule has 0 saturated carbocycles. The monoisotopic (exact) mass is 384 g/mol. The molecule has 28 heavy (non-hydrogen) atoms. The Bertz CT molecular complexity index is 978. The van der Waals surface area contributed by atoms with Gasteiger partial charge in [-0.15, -0.1) is 0 Å². The van der Waals surface area contributed by atoms with Crippen LogP contribution >= 0.6 is 0 Å². The average molecular weight is 384 g/mol. The molecule has 1 saturated heterocycles. The van der Waals surface area contributed by atoms with Gasteiger partial charge in [0.15, 0.2) is 17.5 Å². The minimum absolute atomic E-state index is 0.114. The second kappa shape index (κ2) is 7.81. The van der Waals surface area contributed by atoms with E-state index in [9.17, 15) is 13.6 Å². The number of aromatic nitrogens is 4. The Morgan fingerprint density at radius 1 is 1.21 bits per heavy atom. The smallest absolute Gasteiger partial charge is 0.251 e. The molecule has 1 fully saturated rings. The molecule has 3 aromatic rings. The Morgan fingerprint density at radius 3 is 2.89 bits per heavy atom. The maximum Gasteiger partial charge on any atom is 0.251 e. The third kappa shape index (κ3) is 3.74. The van der Waals surface area contributed by atoms with Gasteiger partial charge in [-0.1, -0.05) is 6.07 Å². The lowest BCUT2D eigenvalue weighted by molar-refractivity contribution is 0.0924. The molecule has 144 valence electrons. The standard InChI is InChI=1S/C19H18F2N6O/c20-15-2-1-12(7-16(15)21)14-4-5-22-9-17(14)26-19(28)13-3-6-24-18(8-13)27-11-23-10-25-27/h1-3,6-8,10-11,14,17,22H,4-5,9H2,(H,26,28). The van der Waals surface area contributed by atoms with Crippen LogP contribution in [0.5, 0.6) is 0 Å². The van der Waals surface area contributed by atoms with Crippen molar-refractivity contribution in [3.05, 3.63) is 71.9 Å². The van der Waals surface area contributed by atoms with Gasteiger partial charge in [-0.3, -0.25) is 4.79 Å². The zero-order chi connectivity index (χ0) is 19.5. The molecule has 2 N–H and O–H groups in total. The van der Waals surface area contributed by atoms with Gasteiger partial charge in [-0.05, 0) is 42.8 Å². The molecule has 1 amide bonds. The summed E-state index contributed by atoms with van der Waals surface area (Å²) in [4.78, 5) is 20.8. The summed E-state index contributed by atoms with van der Waals surface area (Å²) in [5.74, 6) is -1.67. The highest BCUT2D eigenvalue weighted by molar-refractivity contribution is 5.94. The minimum atomic E-state index is -0.882. The van der Waals surface area contributed by atoms with Crippen molar-refractivity contribution in [2.24, 2.45) is 0 Å². The zero-order valence-corrected chi connectivity index (χ0v) is 14.8. The number of carbonyl (C=O) groups excluding carboxylic acids is 1.